The first kappa shape index (κ1) is 19.4. The molecule has 0 saturated carbocycles. The molecule has 146 valence electrons. The molecule has 1 saturated heterocycles. The molecule has 1 fully saturated rings. The Labute approximate surface area is 161 Å². The maximum atomic E-state index is 12.5. The molecule has 3 N–H and O–H groups in total. The fourth-order valence-corrected chi connectivity index (χ4v) is 2.76. The van der Waals surface area contributed by atoms with Crippen molar-refractivity contribution in [1.29, 1.82) is 0 Å². The molecule has 0 bridgehead atoms. The highest BCUT2D eigenvalue weighted by Crippen LogP contribution is 2.20. The summed E-state index contributed by atoms with van der Waals surface area (Å²) >= 11 is 0. The number of benzene rings is 2. The summed E-state index contributed by atoms with van der Waals surface area (Å²) < 4.78 is 10.4. The second kappa shape index (κ2) is 9.01. The first-order chi connectivity index (χ1) is 13.5. The van der Waals surface area contributed by atoms with Crippen molar-refractivity contribution in [3.63, 3.8) is 0 Å². The zero-order valence-electron chi connectivity index (χ0n) is 15.0. The van der Waals surface area contributed by atoms with Gasteiger partial charge in [-0.25, -0.2) is 4.79 Å². The van der Waals surface area contributed by atoms with E-state index < -0.39 is 18.7 Å². The van der Waals surface area contributed by atoms with Gasteiger partial charge < -0.3 is 25.2 Å². The van der Waals surface area contributed by atoms with Gasteiger partial charge in [-0.1, -0.05) is 12.1 Å². The predicted molar refractivity (Wildman–Crippen MR) is 102 cm³/mol. The highest BCUT2D eigenvalue weighted by molar-refractivity contribution is 6.05. The van der Waals surface area contributed by atoms with Crippen molar-refractivity contribution in [2.75, 3.05) is 23.8 Å². The van der Waals surface area contributed by atoms with Gasteiger partial charge in [0.25, 0.3) is 11.8 Å². The van der Waals surface area contributed by atoms with Gasteiger partial charge in [-0.15, -0.1) is 0 Å². The van der Waals surface area contributed by atoms with Gasteiger partial charge in [0.15, 0.2) is 6.61 Å². The van der Waals surface area contributed by atoms with Crippen LogP contribution < -0.4 is 15.4 Å². The molecule has 8 nitrogen and oxygen atoms in total. The molecule has 1 aliphatic heterocycles. The van der Waals surface area contributed by atoms with Gasteiger partial charge in [0.2, 0.25) is 0 Å². The quantitative estimate of drug-likeness (QED) is 0.676. The number of anilines is 2. The molecule has 1 heterocycles. The molecule has 1 aliphatic rings. The Morgan fingerprint density at radius 2 is 1.82 bits per heavy atom. The summed E-state index contributed by atoms with van der Waals surface area (Å²) in [5, 5.41) is 14.1. The average molecular weight is 384 g/mol. The predicted octanol–water partition coefficient (Wildman–Crippen LogP) is 2.52. The number of carbonyl (C=O) groups is 3. The zero-order valence-corrected chi connectivity index (χ0v) is 15.0. The summed E-state index contributed by atoms with van der Waals surface area (Å²) in [6, 6.07) is 13.0. The molecule has 1 unspecified atom stereocenters. The first-order valence-electron chi connectivity index (χ1n) is 8.80. The lowest BCUT2D eigenvalue weighted by Crippen LogP contribution is -2.27. The molecule has 8 heteroatoms. The van der Waals surface area contributed by atoms with Crippen LogP contribution in [0.1, 0.15) is 23.2 Å². The van der Waals surface area contributed by atoms with Crippen LogP contribution in [0.15, 0.2) is 48.5 Å². The van der Waals surface area contributed by atoms with Crippen molar-refractivity contribution in [3.05, 3.63) is 54.1 Å². The number of rotatable bonds is 7. The number of aliphatic carboxylic acids is 1. The number of ether oxygens (including phenoxy) is 2. The summed E-state index contributed by atoms with van der Waals surface area (Å²) in [4.78, 5) is 35.2. The molecular formula is C20H20N2O6. The van der Waals surface area contributed by atoms with E-state index in [9.17, 15) is 14.4 Å². The smallest absolute Gasteiger partial charge is 0.341 e. The average Bonchev–Trinajstić information content (AvgIpc) is 3.22. The topological polar surface area (TPSA) is 114 Å². The minimum Gasteiger partial charge on any atom is -0.482 e. The summed E-state index contributed by atoms with van der Waals surface area (Å²) in [5.74, 6) is -1.35. The van der Waals surface area contributed by atoms with Gasteiger partial charge in [-0.2, -0.15) is 0 Å². The summed E-state index contributed by atoms with van der Waals surface area (Å²) in [7, 11) is 0. The third-order valence-electron chi connectivity index (χ3n) is 4.07. The van der Waals surface area contributed by atoms with Crippen molar-refractivity contribution in [1.82, 2.24) is 0 Å². The van der Waals surface area contributed by atoms with Crippen LogP contribution in [-0.4, -0.2) is 42.2 Å². The lowest BCUT2D eigenvalue weighted by Gasteiger charge is -2.12. The van der Waals surface area contributed by atoms with Gasteiger partial charge in [-0.3, -0.25) is 9.59 Å². The van der Waals surface area contributed by atoms with Crippen molar-refractivity contribution in [3.8, 4) is 5.75 Å². The van der Waals surface area contributed by atoms with Gasteiger partial charge in [-0.05, 0) is 43.2 Å². The van der Waals surface area contributed by atoms with Crippen LogP contribution in [0.5, 0.6) is 5.75 Å². The number of amides is 2. The minimum absolute atomic E-state index is 0.224. The SMILES string of the molecule is O=C(O)COc1cccc(NC(=O)c2cccc(NC(=O)C3CCCO3)c2)c1. The molecular weight excluding hydrogens is 364 g/mol. The third kappa shape index (κ3) is 5.31. The van der Waals surface area contributed by atoms with Crippen LogP contribution in [0.4, 0.5) is 11.4 Å². The lowest BCUT2D eigenvalue weighted by molar-refractivity contribution is -0.139. The monoisotopic (exact) mass is 384 g/mol. The summed E-state index contributed by atoms with van der Waals surface area (Å²) in [5.41, 5.74) is 1.33. The van der Waals surface area contributed by atoms with Gasteiger partial charge >= 0.3 is 5.97 Å². The number of carbonyl (C=O) groups excluding carboxylic acids is 2. The lowest BCUT2D eigenvalue weighted by atomic mass is 10.1. The Balaban J connectivity index is 1.63. The second-order valence-electron chi connectivity index (χ2n) is 6.24. The van der Waals surface area contributed by atoms with E-state index in [0.717, 1.165) is 6.42 Å². The molecule has 2 amide bonds. The summed E-state index contributed by atoms with van der Waals surface area (Å²) in [6.45, 7) is 0.111. The zero-order chi connectivity index (χ0) is 19.9. The van der Waals surface area contributed by atoms with Crippen LogP contribution >= 0.6 is 0 Å². The first-order valence-corrected chi connectivity index (χ1v) is 8.80. The number of carboxylic acid groups (broad SMARTS) is 1. The van der Waals surface area contributed by atoms with Crippen LogP contribution in [0.3, 0.4) is 0 Å². The normalized spacial score (nSPS) is 15.6. The molecule has 0 aliphatic carbocycles. The Bertz CT molecular complexity index is 877. The van der Waals surface area contributed by atoms with Crippen LogP contribution in [0, 0.1) is 0 Å². The second-order valence-corrected chi connectivity index (χ2v) is 6.24. The Kier molecular flexibility index (Phi) is 6.23. The van der Waals surface area contributed by atoms with Crippen LogP contribution in [0.25, 0.3) is 0 Å². The molecule has 3 rings (SSSR count). The van der Waals surface area contributed by atoms with Crippen molar-refractivity contribution >= 4 is 29.2 Å². The molecule has 28 heavy (non-hydrogen) atoms. The van der Waals surface area contributed by atoms with Gasteiger partial charge in [0.05, 0.1) is 0 Å². The number of nitrogens with one attached hydrogen (secondary N) is 2. The van der Waals surface area contributed by atoms with Crippen molar-refractivity contribution < 1.29 is 29.0 Å². The van der Waals surface area contributed by atoms with Gasteiger partial charge in [0.1, 0.15) is 11.9 Å². The Hall–Kier alpha value is -3.39. The van der Waals surface area contributed by atoms with Gasteiger partial charge in [0, 0.05) is 29.6 Å². The molecule has 0 radical (unpaired) electrons. The maximum absolute atomic E-state index is 12.5. The molecule has 2 aromatic carbocycles. The molecule has 0 spiro atoms. The maximum Gasteiger partial charge on any atom is 0.341 e. The molecule has 0 aromatic heterocycles. The van der Waals surface area contributed by atoms with E-state index in [4.69, 9.17) is 14.6 Å². The third-order valence-corrected chi connectivity index (χ3v) is 4.07. The van der Waals surface area contributed by atoms with E-state index in [0.29, 0.717) is 35.7 Å². The molecule has 2 aromatic rings. The van der Waals surface area contributed by atoms with E-state index >= 15 is 0 Å². The molecule has 1 atom stereocenters. The number of hydrogen-bond donors (Lipinski definition) is 3. The standard InChI is InChI=1S/C20H20N2O6/c23-18(24)12-28-16-7-2-6-15(11-16)21-19(25)13-4-1-5-14(10-13)22-20(26)17-8-3-9-27-17/h1-2,4-7,10-11,17H,3,8-9,12H2,(H,21,25)(H,22,26)(H,23,24). The van der Waals surface area contributed by atoms with Crippen LogP contribution in [-0.2, 0) is 14.3 Å². The Morgan fingerprint density at radius 1 is 1.07 bits per heavy atom. The van der Waals surface area contributed by atoms with E-state index in [1.807, 2.05) is 0 Å². The number of hydrogen-bond acceptors (Lipinski definition) is 5. The van der Waals surface area contributed by atoms with E-state index in [-0.39, 0.29) is 11.8 Å². The largest absolute Gasteiger partial charge is 0.482 e. The summed E-state index contributed by atoms with van der Waals surface area (Å²) in [6.07, 6.45) is 1.09. The van der Waals surface area contributed by atoms with E-state index in [1.165, 1.54) is 6.07 Å². The van der Waals surface area contributed by atoms with E-state index in [1.54, 1.807) is 42.5 Å². The fourth-order valence-electron chi connectivity index (χ4n) is 2.76. The van der Waals surface area contributed by atoms with E-state index in [2.05, 4.69) is 10.6 Å². The van der Waals surface area contributed by atoms with Crippen LogP contribution in [0.2, 0.25) is 0 Å². The highest BCUT2D eigenvalue weighted by atomic mass is 16.5. The Morgan fingerprint density at radius 3 is 2.54 bits per heavy atom. The number of carboxylic acids is 1. The minimum atomic E-state index is -1.09. The van der Waals surface area contributed by atoms with Crippen molar-refractivity contribution in [2.45, 2.75) is 18.9 Å². The highest BCUT2D eigenvalue weighted by Gasteiger charge is 2.23. The van der Waals surface area contributed by atoms with Crippen molar-refractivity contribution in [2.24, 2.45) is 0 Å². The fraction of sp³-hybridized carbons (Fsp3) is 0.250.